The van der Waals surface area contributed by atoms with E-state index < -0.39 is 11.7 Å². The van der Waals surface area contributed by atoms with Crippen molar-refractivity contribution in [2.45, 2.75) is 49.3 Å². The predicted octanol–water partition coefficient (Wildman–Crippen LogP) is 1.32. The number of esters is 1. The molecule has 0 aromatic carbocycles. The van der Waals surface area contributed by atoms with E-state index in [4.69, 9.17) is 10.5 Å². The molecule has 0 aromatic heterocycles. The van der Waals surface area contributed by atoms with Crippen LogP contribution in [0.4, 0.5) is 4.39 Å². The molecule has 0 radical (unpaired) electrons. The standard InChI is InChI=1S/C15H25BrFN3O2/c1-3-22-14(21)13-7-19-9-20(13)8-15(2,18)11-6-10(16)4-5-12(11)17/h6,10,12-13,19H,3-5,7-9,18H2,1-2H3/t10?,12-,13?,15-/m0/s1. The zero-order valence-electron chi connectivity index (χ0n) is 13.1. The monoisotopic (exact) mass is 377 g/mol. The van der Waals surface area contributed by atoms with Gasteiger partial charge in [-0.2, -0.15) is 0 Å². The molecule has 3 N–H and O–H groups in total. The minimum Gasteiger partial charge on any atom is -0.465 e. The zero-order chi connectivity index (χ0) is 16.3. The molecule has 1 saturated heterocycles. The number of nitrogens with one attached hydrogen (secondary N) is 1. The molecule has 1 aliphatic carbocycles. The summed E-state index contributed by atoms with van der Waals surface area (Å²) in [7, 11) is 0. The Morgan fingerprint density at radius 1 is 1.64 bits per heavy atom. The van der Waals surface area contributed by atoms with E-state index in [1.807, 2.05) is 17.9 Å². The van der Waals surface area contributed by atoms with Gasteiger partial charge in [-0.3, -0.25) is 9.69 Å². The highest BCUT2D eigenvalue weighted by Crippen LogP contribution is 2.32. The quantitative estimate of drug-likeness (QED) is 0.429. The van der Waals surface area contributed by atoms with Gasteiger partial charge in [0, 0.05) is 30.1 Å². The third-order valence-electron chi connectivity index (χ3n) is 4.24. The fourth-order valence-corrected chi connectivity index (χ4v) is 3.68. The van der Waals surface area contributed by atoms with E-state index in [1.165, 1.54) is 0 Å². The third-order valence-corrected chi connectivity index (χ3v) is 4.96. The van der Waals surface area contributed by atoms with Crippen LogP contribution >= 0.6 is 15.9 Å². The van der Waals surface area contributed by atoms with Gasteiger partial charge in [-0.25, -0.2) is 4.39 Å². The van der Waals surface area contributed by atoms with Gasteiger partial charge in [-0.15, -0.1) is 0 Å². The van der Waals surface area contributed by atoms with Crippen LogP contribution in [0.1, 0.15) is 26.7 Å². The molecule has 126 valence electrons. The Bertz CT molecular complexity index is 445. The molecule has 0 spiro atoms. The second-order valence-corrected chi connectivity index (χ2v) is 7.40. The van der Waals surface area contributed by atoms with E-state index in [2.05, 4.69) is 21.2 Å². The van der Waals surface area contributed by atoms with Gasteiger partial charge >= 0.3 is 5.97 Å². The first-order chi connectivity index (χ1) is 10.3. The number of carbonyl (C=O) groups excluding carboxylic acids is 1. The summed E-state index contributed by atoms with van der Waals surface area (Å²) >= 11 is 3.52. The zero-order valence-corrected chi connectivity index (χ0v) is 14.7. The fraction of sp³-hybridized carbons (Fsp3) is 0.800. The lowest BCUT2D eigenvalue weighted by Gasteiger charge is -2.37. The summed E-state index contributed by atoms with van der Waals surface area (Å²) < 4.78 is 19.4. The van der Waals surface area contributed by atoms with Gasteiger partial charge in [0.1, 0.15) is 12.2 Å². The summed E-state index contributed by atoms with van der Waals surface area (Å²) in [5, 5.41) is 3.15. The normalized spacial score (nSPS) is 32.4. The number of rotatable bonds is 5. The lowest BCUT2D eigenvalue weighted by Crippen LogP contribution is -2.54. The van der Waals surface area contributed by atoms with Crippen molar-refractivity contribution in [2.24, 2.45) is 5.73 Å². The molecule has 0 aromatic rings. The first kappa shape index (κ1) is 17.8. The lowest BCUT2D eigenvalue weighted by molar-refractivity contribution is -0.148. The predicted molar refractivity (Wildman–Crippen MR) is 87.5 cm³/mol. The maximum absolute atomic E-state index is 14.3. The number of carbonyl (C=O) groups is 1. The number of hydrogen-bond donors (Lipinski definition) is 2. The molecule has 1 aliphatic heterocycles. The summed E-state index contributed by atoms with van der Waals surface area (Å²) in [6.07, 6.45) is 2.13. The highest BCUT2D eigenvalue weighted by atomic mass is 79.9. The van der Waals surface area contributed by atoms with Crippen LogP contribution < -0.4 is 11.1 Å². The van der Waals surface area contributed by atoms with Gasteiger partial charge in [0.25, 0.3) is 0 Å². The third kappa shape index (κ3) is 4.07. The van der Waals surface area contributed by atoms with Crippen molar-refractivity contribution in [3.05, 3.63) is 11.6 Å². The van der Waals surface area contributed by atoms with Crippen molar-refractivity contribution in [3.8, 4) is 0 Å². The number of alkyl halides is 2. The first-order valence-electron chi connectivity index (χ1n) is 7.75. The largest absolute Gasteiger partial charge is 0.465 e. The van der Waals surface area contributed by atoms with Crippen LogP contribution in [0.25, 0.3) is 0 Å². The van der Waals surface area contributed by atoms with Crippen LogP contribution in [0.5, 0.6) is 0 Å². The molecule has 0 saturated carbocycles. The van der Waals surface area contributed by atoms with Crippen LogP contribution in [-0.2, 0) is 9.53 Å². The van der Waals surface area contributed by atoms with E-state index in [9.17, 15) is 9.18 Å². The second-order valence-electron chi connectivity index (χ2n) is 6.23. The number of nitrogens with zero attached hydrogens (tertiary/aromatic N) is 1. The topological polar surface area (TPSA) is 67.6 Å². The Morgan fingerprint density at radius 3 is 3.05 bits per heavy atom. The highest BCUT2D eigenvalue weighted by molar-refractivity contribution is 9.09. The molecule has 5 nitrogen and oxygen atoms in total. The Kier molecular flexibility index (Phi) is 5.99. The summed E-state index contributed by atoms with van der Waals surface area (Å²) in [6.45, 7) is 5.47. The number of allylic oxidation sites excluding steroid dienone is 1. The van der Waals surface area contributed by atoms with Crippen molar-refractivity contribution in [1.82, 2.24) is 10.2 Å². The van der Waals surface area contributed by atoms with E-state index >= 15 is 0 Å². The summed E-state index contributed by atoms with van der Waals surface area (Å²) in [4.78, 5) is 14.1. The molecule has 1 heterocycles. The Labute approximate surface area is 139 Å². The van der Waals surface area contributed by atoms with Crippen molar-refractivity contribution in [2.75, 3.05) is 26.4 Å². The summed E-state index contributed by atoms with van der Waals surface area (Å²) in [6, 6.07) is -0.357. The van der Waals surface area contributed by atoms with Gasteiger partial charge < -0.3 is 15.8 Å². The van der Waals surface area contributed by atoms with Crippen LogP contribution in [0.3, 0.4) is 0 Å². The van der Waals surface area contributed by atoms with Crippen LogP contribution in [0.2, 0.25) is 0 Å². The Hall–Kier alpha value is -0.500. The van der Waals surface area contributed by atoms with Gasteiger partial charge in [0.05, 0.1) is 6.61 Å². The first-order valence-corrected chi connectivity index (χ1v) is 8.67. The lowest BCUT2D eigenvalue weighted by atomic mass is 9.83. The van der Waals surface area contributed by atoms with E-state index in [1.54, 1.807) is 6.92 Å². The highest BCUT2D eigenvalue weighted by Gasteiger charge is 2.39. The smallest absolute Gasteiger partial charge is 0.324 e. The molecule has 0 amide bonds. The minimum absolute atomic E-state index is 0.162. The van der Waals surface area contributed by atoms with Crippen molar-refractivity contribution < 1.29 is 13.9 Å². The van der Waals surface area contributed by atoms with E-state index in [-0.39, 0.29) is 16.8 Å². The van der Waals surface area contributed by atoms with Crippen molar-refractivity contribution >= 4 is 21.9 Å². The van der Waals surface area contributed by atoms with Crippen LogP contribution in [0, 0.1) is 0 Å². The molecule has 0 bridgehead atoms. The molecule has 22 heavy (non-hydrogen) atoms. The van der Waals surface area contributed by atoms with Gasteiger partial charge in [-0.05, 0) is 32.3 Å². The molecule has 2 aliphatic rings. The maximum Gasteiger partial charge on any atom is 0.324 e. The fourth-order valence-electron chi connectivity index (χ4n) is 3.13. The molecule has 7 heteroatoms. The molecule has 2 unspecified atom stereocenters. The number of hydrogen-bond acceptors (Lipinski definition) is 5. The molecular weight excluding hydrogens is 353 g/mol. The van der Waals surface area contributed by atoms with Crippen LogP contribution in [0.15, 0.2) is 11.6 Å². The summed E-state index contributed by atoms with van der Waals surface area (Å²) in [5.41, 5.74) is 6.21. The van der Waals surface area contributed by atoms with Crippen LogP contribution in [-0.4, -0.2) is 59.8 Å². The number of ether oxygens (including phenoxy) is 1. The van der Waals surface area contributed by atoms with E-state index in [0.717, 1.165) is 6.42 Å². The SMILES string of the molecule is CCOC(=O)C1CNCN1C[C@](C)(N)C1=CC(Br)CC[C@@H]1F. The van der Waals surface area contributed by atoms with E-state index in [0.29, 0.717) is 38.4 Å². The van der Waals surface area contributed by atoms with Crippen molar-refractivity contribution in [1.29, 1.82) is 0 Å². The molecule has 2 rings (SSSR count). The maximum atomic E-state index is 14.3. The Balaban J connectivity index is 2.08. The van der Waals surface area contributed by atoms with Gasteiger partial charge in [-0.1, -0.05) is 22.0 Å². The summed E-state index contributed by atoms with van der Waals surface area (Å²) in [5.74, 6) is -0.254. The number of halogens is 2. The molecular formula is C15H25BrFN3O2. The van der Waals surface area contributed by atoms with Crippen molar-refractivity contribution in [3.63, 3.8) is 0 Å². The molecule has 1 fully saturated rings. The minimum atomic E-state index is -1.01. The molecule has 4 atom stereocenters. The number of nitrogens with two attached hydrogens (primary N) is 1. The average Bonchev–Trinajstić information content (AvgIpc) is 2.89. The Morgan fingerprint density at radius 2 is 2.36 bits per heavy atom. The van der Waals surface area contributed by atoms with Gasteiger partial charge in [0.15, 0.2) is 0 Å². The van der Waals surface area contributed by atoms with Gasteiger partial charge in [0.2, 0.25) is 0 Å². The second kappa shape index (κ2) is 7.38. The average molecular weight is 378 g/mol.